The summed E-state index contributed by atoms with van der Waals surface area (Å²) in [7, 11) is 0. The van der Waals surface area contributed by atoms with Crippen LogP contribution >= 0.6 is 0 Å². The van der Waals surface area contributed by atoms with Crippen molar-refractivity contribution in [3.05, 3.63) is 77.4 Å². The van der Waals surface area contributed by atoms with Crippen LogP contribution < -0.4 is 5.32 Å². The topological polar surface area (TPSA) is 117 Å². The van der Waals surface area contributed by atoms with Crippen molar-refractivity contribution in [3.63, 3.8) is 0 Å². The fourth-order valence-electron chi connectivity index (χ4n) is 6.45. The van der Waals surface area contributed by atoms with Gasteiger partial charge in [0.15, 0.2) is 11.3 Å². The molecule has 2 amide bonds. The number of rotatable bonds is 7. The maximum absolute atomic E-state index is 14.1. The molecule has 0 bridgehead atoms. The number of nitrogens with one attached hydrogen (secondary N) is 1. The van der Waals surface area contributed by atoms with Gasteiger partial charge in [-0.3, -0.25) is 14.4 Å². The summed E-state index contributed by atoms with van der Waals surface area (Å²) in [6.45, 7) is 9.25. The van der Waals surface area contributed by atoms with Crippen LogP contribution in [0, 0.1) is 19.3 Å². The van der Waals surface area contributed by atoms with Crippen molar-refractivity contribution in [2.75, 3.05) is 0 Å². The molecule has 3 aromatic rings. The molecule has 1 saturated carbocycles. The van der Waals surface area contributed by atoms with E-state index in [2.05, 4.69) is 32.4 Å². The average Bonchev–Trinajstić information content (AvgIpc) is 3.30. The number of amides is 2. The SMILES string of the molecule is CC(=O)C1(CC(=O)N2[C@H](C(=O)N[C@H](C)c3ccccc3)C[C@@]3(C)C[C@@H]23)N=Nc2c(C)cc(-c3cnc(C)nc3)cc21. The lowest BCUT2D eigenvalue weighted by Crippen LogP contribution is -2.50. The molecule has 9 heteroatoms. The quantitative estimate of drug-likeness (QED) is 0.429. The Kier molecular flexibility index (Phi) is 6.36. The molecular weight excluding hydrogens is 516 g/mol. The van der Waals surface area contributed by atoms with Crippen LogP contribution in [-0.4, -0.2) is 44.5 Å². The van der Waals surface area contributed by atoms with Gasteiger partial charge >= 0.3 is 0 Å². The van der Waals surface area contributed by atoms with Crippen molar-refractivity contribution in [2.24, 2.45) is 15.6 Å². The van der Waals surface area contributed by atoms with Crippen molar-refractivity contribution in [2.45, 2.75) is 77.5 Å². The molecule has 1 saturated heterocycles. The lowest BCUT2D eigenvalue weighted by molar-refractivity contribution is -0.142. The maximum Gasteiger partial charge on any atom is 0.243 e. The molecule has 2 fully saturated rings. The molecule has 1 aromatic heterocycles. The number of azo groups is 1. The largest absolute Gasteiger partial charge is 0.348 e. The summed E-state index contributed by atoms with van der Waals surface area (Å²) in [4.78, 5) is 51.3. The zero-order chi connectivity index (χ0) is 29.1. The van der Waals surface area contributed by atoms with Crippen LogP contribution in [0.1, 0.15) is 68.6 Å². The van der Waals surface area contributed by atoms with Gasteiger partial charge in [0.25, 0.3) is 0 Å². The van der Waals surface area contributed by atoms with E-state index in [4.69, 9.17) is 0 Å². The van der Waals surface area contributed by atoms with Gasteiger partial charge in [-0.2, -0.15) is 10.2 Å². The second kappa shape index (κ2) is 9.68. The molecule has 2 aliphatic heterocycles. The third-order valence-electron chi connectivity index (χ3n) is 9.05. The van der Waals surface area contributed by atoms with Crippen LogP contribution in [0.25, 0.3) is 11.1 Å². The van der Waals surface area contributed by atoms with Crippen LogP contribution in [0.5, 0.6) is 0 Å². The second-order valence-electron chi connectivity index (χ2n) is 12.0. The summed E-state index contributed by atoms with van der Waals surface area (Å²) >= 11 is 0. The van der Waals surface area contributed by atoms with Gasteiger partial charge in [-0.1, -0.05) is 37.3 Å². The molecule has 0 spiro atoms. The molecule has 2 aromatic carbocycles. The van der Waals surface area contributed by atoms with E-state index in [1.165, 1.54) is 6.92 Å². The lowest BCUT2D eigenvalue weighted by atomic mass is 9.81. The van der Waals surface area contributed by atoms with Gasteiger partial charge < -0.3 is 10.2 Å². The summed E-state index contributed by atoms with van der Waals surface area (Å²) < 4.78 is 0. The Balaban J connectivity index is 1.30. The summed E-state index contributed by atoms with van der Waals surface area (Å²) in [5.41, 5.74) is 3.13. The summed E-state index contributed by atoms with van der Waals surface area (Å²) in [5.74, 6) is -0.0327. The number of hydrogen-bond donors (Lipinski definition) is 1. The molecule has 1 unspecified atom stereocenters. The highest BCUT2D eigenvalue weighted by molar-refractivity contribution is 5.98. The van der Waals surface area contributed by atoms with Crippen molar-refractivity contribution < 1.29 is 14.4 Å². The lowest BCUT2D eigenvalue weighted by Gasteiger charge is -2.31. The molecule has 6 rings (SSSR count). The number of fused-ring (bicyclic) bond motifs is 2. The fraction of sp³-hybridized carbons (Fsp3) is 0.406. The predicted molar refractivity (Wildman–Crippen MR) is 153 cm³/mol. The van der Waals surface area contributed by atoms with Gasteiger partial charge in [-0.15, -0.1) is 0 Å². The smallest absolute Gasteiger partial charge is 0.243 e. The van der Waals surface area contributed by atoms with Crippen LogP contribution in [-0.2, 0) is 19.9 Å². The number of nitrogens with zero attached hydrogens (tertiary/aromatic N) is 5. The highest BCUT2D eigenvalue weighted by Crippen LogP contribution is 2.60. The molecule has 210 valence electrons. The number of ketones is 1. The van der Waals surface area contributed by atoms with Crippen molar-refractivity contribution in [1.29, 1.82) is 0 Å². The second-order valence-corrected chi connectivity index (χ2v) is 12.0. The molecule has 3 aliphatic rings. The molecule has 41 heavy (non-hydrogen) atoms. The number of carbonyl (C=O) groups is 3. The molecule has 5 atom stereocenters. The Morgan fingerprint density at radius 1 is 1.05 bits per heavy atom. The third kappa shape index (κ3) is 4.53. The number of likely N-dealkylation sites (tertiary alicyclic amines) is 1. The van der Waals surface area contributed by atoms with Crippen LogP contribution in [0.3, 0.4) is 0 Å². The number of piperidine rings is 1. The Morgan fingerprint density at radius 2 is 1.76 bits per heavy atom. The normalized spacial score (nSPS) is 26.3. The van der Waals surface area contributed by atoms with Crippen LogP contribution in [0.2, 0.25) is 0 Å². The Hall–Kier alpha value is -4.27. The van der Waals surface area contributed by atoms with E-state index in [1.54, 1.807) is 17.3 Å². The monoisotopic (exact) mass is 550 g/mol. The van der Waals surface area contributed by atoms with E-state index >= 15 is 0 Å². The molecule has 1 N–H and O–H groups in total. The number of aromatic nitrogens is 2. The Labute approximate surface area is 239 Å². The number of benzene rings is 2. The molecule has 1 aliphatic carbocycles. The predicted octanol–water partition coefficient (Wildman–Crippen LogP) is 5.29. The zero-order valence-electron chi connectivity index (χ0n) is 24.0. The van der Waals surface area contributed by atoms with E-state index in [0.29, 0.717) is 23.5 Å². The van der Waals surface area contributed by atoms with Gasteiger partial charge in [0.1, 0.15) is 11.9 Å². The zero-order valence-corrected chi connectivity index (χ0v) is 24.0. The van der Waals surface area contributed by atoms with Gasteiger partial charge in [0.05, 0.1) is 18.2 Å². The third-order valence-corrected chi connectivity index (χ3v) is 9.05. The first kappa shape index (κ1) is 26.9. The average molecular weight is 551 g/mol. The first-order valence-corrected chi connectivity index (χ1v) is 14.1. The Bertz CT molecular complexity index is 1590. The van der Waals surface area contributed by atoms with Crippen molar-refractivity contribution in [3.8, 4) is 11.1 Å². The molecular formula is C32H34N6O3. The minimum atomic E-state index is -1.45. The number of Topliss-reactive ketones (excluding diaryl/α,β-unsaturated/α-hetero) is 1. The van der Waals surface area contributed by atoms with E-state index < -0.39 is 11.6 Å². The van der Waals surface area contributed by atoms with E-state index in [9.17, 15) is 14.4 Å². The van der Waals surface area contributed by atoms with Gasteiger partial charge in [-0.05, 0) is 74.8 Å². The summed E-state index contributed by atoms with van der Waals surface area (Å²) in [5, 5.41) is 12.0. The number of aryl methyl sites for hydroxylation is 2. The minimum absolute atomic E-state index is 0.0302. The van der Waals surface area contributed by atoms with Gasteiger partial charge in [0, 0.05) is 29.6 Å². The first-order valence-electron chi connectivity index (χ1n) is 14.1. The highest BCUT2D eigenvalue weighted by Gasteiger charge is 2.65. The molecule has 9 nitrogen and oxygen atoms in total. The fourth-order valence-corrected chi connectivity index (χ4v) is 6.45. The molecule has 0 radical (unpaired) electrons. The summed E-state index contributed by atoms with van der Waals surface area (Å²) in [6, 6.07) is 12.8. The van der Waals surface area contributed by atoms with Crippen LogP contribution in [0.4, 0.5) is 5.69 Å². The van der Waals surface area contributed by atoms with E-state index in [1.807, 2.05) is 63.2 Å². The standard InChI is InChI=1S/C32H34N6O3/c1-18-11-23(24-16-33-21(4)34-17-24)12-25-29(18)36-37-32(25,20(3)39)15-28(40)38-26(13-31(5)14-27(31)38)30(41)35-19(2)22-9-7-6-8-10-22/h6-12,16-17,19,26-27H,13-15H2,1-5H3,(H,35,41)/t19-,26+,27-,31+,32?/m1/s1. The van der Waals surface area contributed by atoms with Crippen LogP contribution in [0.15, 0.2) is 65.1 Å². The highest BCUT2D eigenvalue weighted by atomic mass is 16.2. The Morgan fingerprint density at radius 3 is 2.44 bits per heavy atom. The van der Waals surface area contributed by atoms with Crippen molar-refractivity contribution in [1.82, 2.24) is 20.2 Å². The van der Waals surface area contributed by atoms with Crippen molar-refractivity contribution >= 4 is 23.3 Å². The van der Waals surface area contributed by atoms with E-state index in [0.717, 1.165) is 28.7 Å². The first-order chi connectivity index (χ1) is 19.5. The molecule has 3 heterocycles. The summed E-state index contributed by atoms with van der Waals surface area (Å²) in [6.07, 6.45) is 4.74. The van der Waals surface area contributed by atoms with Gasteiger partial charge in [0.2, 0.25) is 11.8 Å². The van der Waals surface area contributed by atoms with Gasteiger partial charge in [-0.25, -0.2) is 9.97 Å². The maximum atomic E-state index is 14.1. The minimum Gasteiger partial charge on any atom is -0.348 e. The number of hydrogen-bond acceptors (Lipinski definition) is 7. The van der Waals surface area contributed by atoms with E-state index in [-0.39, 0.29) is 41.5 Å². The number of carbonyl (C=O) groups excluding carboxylic acids is 3.